The lowest BCUT2D eigenvalue weighted by Gasteiger charge is -2.23. The van der Waals surface area contributed by atoms with Crippen molar-refractivity contribution >= 4 is 41.7 Å². The van der Waals surface area contributed by atoms with Gasteiger partial charge in [0.05, 0.1) is 12.6 Å². The average Bonchev–Trinajstić information content (AvgIpc) is 2.55. The minimum Gasteiger partial charge on any atom is -0.357 e. The van der Waals surface area contributed by atoms with Gasteiger partial charge in [-0.25, -0.2) is 0 Å². The van der Waals surface area contributed by atoms with Gasteiger partial charge >= 0.3 is 0 Å². The topological polar surface area (TPSA) is 39.7 Å². The van der Waals surface area contributed by atoms with Gasteiger partial charge in [-0.15, -0.1) is 24.0 Å². The molecule has 1 rings (SSSR count). The lowest BCUT2D eigenvalue weighted by molar-refractivity contribution is 0.306. The lowest BCUT2D eigenvalue weighted by Crippen LogP contribution is -2.38. The Kier molecular flexibility index (Phi) is 14.5. The molecule has 0 fully saturated rings. The first-order chi connectivity index (χ1) is 11.2. The summed E-state index contributed by atoms with van der Waals surface area (Å²) in [6.45, 7) is 4.71. The number of hydrogen-bond donors (Lipinski definition) is 2. The Hall–Kier alpha value is -0.470. The van der Waals surface area contributed by atoms with Crippen molar-refractivity contribution in [2.75, 3.05) is 45.7 Å². The van der Waals surface area contributed by atoms with Crippen LogP contribution in [0.15, 0.2) is 35.3 Å². The fourth-order valence-corrected chi connectivity index (χ4v) is 2.83. The van der Waals surface area contributed by atoms with Crippen molar-refractivity contribution in [1.29, 1.82) is 0 Å². The van der Waals surface area contributed by atoms with Crippen molar-refractivity contribution in [3.05, 3.63) is 35.9 Å². The van der Waals surface area contributed by atoms with Crippen LogP contribution in [0.4, 0.5) is 0 Å². The zero-order chi connectivity index (χ0) is 16.9. The average molecular weight is 464 g/mol. The Balaban J connectivity index is 0.00000529. The maximum atomic E-state index is 4.78. The van der Waals surface area contributed by atoms with Gasteiger partial charge in [-0.3, -0.25) is 4.99 Å². The molecule has 0 saturated heterocycles. The van der Waals surface area contributed by atoms with E-state index in [1.807, 2.05) is 11.8 Å². The molecule has 4 nitrogen and oxygen atoms in total. The summed E-state index contributed by atoms with van der Waals surface area (Å²) in [4.78, 5) is 7.00. The third-order valence-corrected chi connectivity index (χ3v) is 4.34. The Labute approximate surface area is 169 Å². The zero-order valence-corrected chi connectivity index (χ0v) is 18.6. The van der Waals surface area contributed by atoms with E-state index in [0.717, 1.165) is 25.6 Å². The number of guanidine groups is 1. The molecule has 0 amide bonds. The maximum absolute atomic E-state index is 4.78. The minimum absolute atomic E-state index is 0. The summed E-state index contributed by atoms with van der Waals surface area (Å²) < 4.78 is 0. The predicted molar refractivity (Wildman–Crippen MR) is 120 cm³/mol. The van der Waals surface area contributed by atoms with Crippen molar-refractivity contribution in [2.45, 2.75) is 25.8 Å². The largest absolute Gasteiger partial charge is 0.357 e. The van der Waals surface area contributed by atoms with E-state index in [4.69, 9.17) is 4.99 Å². The van der Waals surface area contributed by atoms with Gasteiger partial charge in [0.2, 0.25) is 0 Å². The molecule has 138 valence electrons. The summed E-state index contributed by atoms with van der Waals surface area (Å²) in [5, 5.41) is 6.77. The van der Waals surface area contributed by atoms with Crippen molar-refractivity contribution < 1.29 is 0 Å². The summed E-state index contributed by atoms with van der Waals surface area (Å²) >= 11 is 1.91. The number of rotatable bonds is 10. The van der Waals surface area contributed by atoms with Gasteiger partial charge in [0, 0.05) is 13.1 Å². The van der Waals surface area contributed by atoms with E-state index in [1.54, 1.807) is 0 Å². The molecule has 1 aromatic rings. The highest BCUT2D eigenvalue weighted by atomic mass is 127. The fourth-order valence-electron chi connectivity index (χ4n) is 2.34. The molecule has 0 aliphatic heterocycles. The highest BCUT2D eigenvalue weighted by Crippen LogP contribution is 2.17. The third kappa shape index (κ3) is 9.74. The van der Waals surface area contributed by atoms with E-state index in [-0.39, 0.29) is 24.0 Å². The molecule has 0 aliphatic carbocycles. The van der Waals surface area contributed by atoms with E-state index in [2.05, 4.69) is 73.1 Å². The first-order valence-corrected chi connectivity index (χ1v) is 9.81. The van der Waals surface area contributed by atoms with Crippen LogP contribution in [0.3, 0.4) is 0 Å². The lowest BCUT2D eigenvalue weighted by atomic mass is 10.1. The van der Waals surface area contributed by atoms with Crippen LogP contribution in [0, 0.1) is 0 Å². The molecule has 1 aromatic carbocycles. The molecule has 0 saturated carbocycles. The van der Waals surface area contributed by atoms with Crippen LogP contribution in [-0.4, -0.2) is 56.6 Å². The molecule has 0 bridgehead atoms. The molecular formula is C18H33IN4S. The maximum Gasteiger partial charge on any atom is 0.191 e. The van der Waals surface area contributed by atoms with Gasteiger partial charge in [-0.2, -0.15) is 11.8 Å². The normalized spacial score (nSPS) is 12.6. The molecule has 0 heterocycles. The zero-order valence-electron chi connectivity index (χ0n) is 15.4. The van der Waals surface area contributed by atoms with Gasteiger partial charge in [-0.05, 0) is 51.4 Å². The second-order valence-electron chi connectivity index (χ2n) is 5.74. The number of hydrogen-bond acceptors (Lipinski definition) is 3. The van der Waals surface area contributed by atoms with E-state index in [9.17, 15) is 0 Å². The number of unbranched alkanes of at least 4 members (excludes halogenated alkanes) is 1. The fraction of sp³-hybridized carbons (Fsp3) is 0.611. The van der Waals surface area contributed by atoms with E-state index in [0.29, 0.717) is 6.04 Å². The summed E-state index contributed by atoms with van der Waals surface area (Å²) in [6.07, 6.45) is 4.59. The number of likely N-dealkylation sites (N-methyl/N-ethyl adjacent to an activating group) is 1. The monoisotopic (exact) mass is 464 g/mol. The van der Waals surface area contributed by atoms with Crippen LogP contribution in [0.1, 0.15) is 31.4 Å². The molecule has 2 N–H and O–H groups in total. The Morgan fingerprint density at radius 1 is 1.17 bits per heavy atom. The van der Waals surface area contributed by atoms with Crippen molar-refractivity contribution in [3.63, 3.8) is 0 Å². The molecule has 0 spiro atoms. The summed E-state index contributed by atoms with van der Waals surface area (Å²) in [5.74, 6) is 2.14. The minimum atomic E-state index is 0. The quantitative estimate of drug-likeness (QED) is 0.240. The first-order valence-electron chi connectivity index (χ1n) is 8.41. The molecule has 1 unspecified atom stereocenters. The predicted octanol–water partition coefficient (Wildman–Crippen LogP) is 3.61. The van der Waals surface area contributed by atoms with E-state index < -0.39 is 0 Å². The van der Waals surface area contributed by atoms with E-state index in [1.165, 1.54) is 24.2 Å². The standard InChI is InChI=1S/C18H32N4S.HI/c1-5-19-18(20-13-9-10-14-23-4)21-15-17(22(2)3)16-11-7-6-8-12-16;/h6-8,11-12,17H,5,9-10,13-15H2,1-4H3,(H2,19,20,21);1H. The Bertz CT molecular complexity index is 440. The highest BCUT2D eigenvalue weighted by molar-refractivity contribution is 14.0. The van der Waals surface area contributed by atoms with Gasteiger partial charge in [0.1, 0.15) is 0 Å². The van der Waals surface area contributed by atoms with Crippen LogP contribution in [0.5, 0.6) is 0 Å². The van der Waals surface area contributed by atoms with Crippen LogP contribution >= 0.6 is 35.7 Å². The van der Waals surface area contributed by atoms with Gasteiger partial charge in [-0.1, -0.05) is 30.3 Å². The molecule has 0 radical (unpaired) electrons. The van der Waals surface area contributed by atoms with Crippen LogP contribution < -0.4 is 10.6 Å². The number of halogens is 1. The van der Waals surface area contributed by atoms with Crippen LogP contribution in [-0.2, 0) is 0 Å². The molecule has 1 atom stereocenters. The first kappa shape index (κ1) is 23.5. The third-order valence-electron chi connectivity index (χ3n) is 3.64. The van der Waals surface area contributed by atoms with Crippen molar-refractivity contribution in [3.8, 4) is 0 Å². The number of thioether (sulfide) groups is 1. The second-order valence-corrected chi connectivity index (χ2v) is 6.72. The summed E-state index contributed by atoms with van der Waals surface area (Å²) in [5.41, 5.74) is 1.30. The number of nitrogens with one attached hydrogen (secondary N) is 2. The molecular weight excluding hydrogens is 431 g/mol. The number of aliphatic imine (C=N–C) groups is 1. The molecule has 6 heteroatoms. The van der Waals surface area contributed by atoms with Gasteiger partial charge in [0.15, 0.2) is 5.96 Å². The molecule has 24 heavy (non-hydrogen) atoms. The summed E-state index contributed by atoms with van der Waals surface area (Å²) in [7, 11) is 4.21. The smallest absolute Gasteiger partial charge is 0.191 e. The summed E-state index contributed by atoms with van der Waals surface area (Å²) in [6, 6.07) is 10.9. The van der Waals surface area contributed by atoms with E-state index >= 15 is 0 Å². The Morgan fingerprint density at radius 3 is 2.46 bits per heavy atom. The number of nitrogens with zero attached hydrogens (tertiary/aromatic N) is 2. The van der Waals surface area contributed by atoms with Crippen LogP contribution in [0.2, 0.25) is 0 Å². The van der Waals surface area contributed by atoms with Gasteiger partial charge < -0.3 is 15.5 Å². The van der Waals surface area contributed by atoms with Gasteiger partial charge in [0.25, 0.3) is 0 Å². The second kappa shape index (κ2) is 14.8. The van der Waals surface area contributed by atoms with Crippen molar-refractivity contribution in [2.24, 2.45) is 4.99 Å². The molecule has 0 aliphatic rings. The SMILES string of the molecule is CCNC(=NCC(c1ccccc1)N(C)C)NCCCCSC.I. The number of benzene rings is 1. The molecule has 0 aromatic heterocycles. The van der Waals surface area contributed by atoms with Crippen LogP contribution in [0.25, 0.3) is 0 Å². The highest BCUT2D eigenvalue weighted by Gasteiger charge is 2.13. The Morgan fingerprint density at radius 2 is 1.88 bits per heavy atom. The van der Waals surface area contributed by atoms with Crippen molar-refractivity contribution in [1.82, 2.24) is 15.5 Å².